The van der Waals surface area contributed by atoms with Crippen LogP contribution in [0.3, 0.4) is 0 Å². The van der Waals surface area contributed by atoms with E-state index in [4.69, 9.17) is 4.98 Å². The van der Waals surface area contributed by atoms with Crippen molar-refractivity contribution < 1.29 is 0 Å². The Morgan fingerprint density at radius 1 is 1.19 bits per heavy atom. The van der Waals surface area contributed by atoms with E-state index in [1.165, 1.54) is 5.56 Å². The van der Waals surface area contributed by atoms with Gasteiger partial charge in [-0.2, -0.15) is 0 Å². The molecule has 5 heteroatoms. The average Bonchev–Trinajstić information content (AvgIpc) is 2.44. The van der Waals surface area contributed by atoms with Gasteiger partial charge in [-0.3, -0.25) is 0 Å². The van der Waals surface area contributed by atoms with E-state index in [0.717, 1.165) is 38.4 Å². The lowest BCUT2D eigenvalue weighted by atomic mass is 10.1. The highest BCUT2D eigenvalue weighted by molar-refractivity contribution is 9.11. The third-order valence-corrected chi connectivity index (χ3v) is 4.83. The fourth-order valence-electron chi connectivity index (χ4n) is 1.99. The monoisotopic (exact) mass is 411 g/mol. The van der Waals surface area contributed by atoms with Crippen molar-refractivity contribution in [3.63, 3.8) is 0 Å². The summed E-state index contributed by atoms with van der Waals surface area (Å²) < 4.78 is 2.02. The molecule has 0 aliphatic carbocycles. The molecule has 0 bridgehead atoms. The molecule has 0 aliphatic rings. The Hall–Kier alpha value is -0.940. The molecule has 0 unspecified atom stereocenters. The lowest BCUT2D eigenvalue weighted by Gasteiger charge is -2.14. The maximum absolute atomic E-state index is 4.74. The fourth-order valence-corrected chi connectivity index (χ4v) is 3.15. The second-order valence-electron chi connectivity index (χ2n) is 5.24. The molecule has 21 heavy (non-hydrogen) atoms. The van der Waals surface area contributed by atoms with Crippen molar-refractivity contribution in [3.8, 4) is 11.4 Å². The molecule has 3 nitrogen and oxygen atoms in total. The number of anilines is 1. The molecule has 112 valence electrons. The molecule has 1 heterocycles. The number of aromatic nitrogens is 2. The lowest BCUT2D eigenvalue weighted by molar-refractivity contribution is 0.809. The minimum atomic E-state index is 0.326. The standard InChI is InChI=1S/C16H19Br2N3/c1-5-19-16-13(18)14(9(2)3)20-15(21-16)11-7-6-10(4)12(17)8-11/h6-9H,5H2,1-4H3,(H,19,20,21). The van der Waals surface area contributed by atoms with E-state index in [0.29, 0.717) is 5.92 Å². The van der Waals surface area contributed by atoms with Crippen LogP contribution in [-0.4, -0.2) is 16.5 Å². The van der Waals surface area contributed by atoms with E-state index < -0.39 is 0 Å². The SMILES string of the molecule is CCNc1nc(-c2ccc(C)c(Br)c2)nc(C(C)C)c1Br. The van der Waals surface area contributed by atoms with Crippen LogP contribution in [0.5, 0.6) is 0 Å². The van der Waals surface area contributed by atoms with Gasteiger partial charge < -0.3 is 5.32 Å². The van der Waals surface area contributed by atoms with Crippen molar-refractivity contribution in [3.05, 3.63) is 38.4 Å². The zero-order valence-electron chi connectivity index (χ0n) is 12.7. The molecular formula is C16H19Br2N3. The maximum atomic E-state index is 4.74. The van der Waals surface area contributed by atoms with Crippen LogP contribution in [0, 0.1) is 6.92 Å². The van der Waals surface area contributed by atoms with Crippen LogP contribution in [0.4, 0.5) is 5.82 Å². The topological polar surface area (TPSA) is 37.8 Å². The van der Waals surface area contributed by atoms with E-state index in [1.54, 1.807) is 0 Å². The van der Waals surface area contributed by atoms with Crippen LogP contribution >= 0.6 is 31.9 Å². The van der Waals surface area contributed by atoms with Gasteiger partial charge in [-0.25, -0.2) is 9.97 Å². The normalized spacial score (nSPS) is 11.0. The predicted octanol–water partition coefficient (Wildman–Crippen LogP) is 5.53. The number of benzene rings is 1. The van der Waals surface area contributed by atoms with Crippen LogP contribution in [0.2, 0.25) is 0 Å². The second-order valence-corrected chi connectivity index (χ2v) is 6.89. The van der Waals surface area contributed by atoms with E-state index in [2.05, 4.69) is 88.1 Å². The van der Waals surface area contributed by atoms with Crippen molar-refractivity contribution >= 4 is 37.7 Å². The molecule has 0 spiro atoms. The first-order chi connectivity index (χ1) is 9.93. The van der Waals surface area contributed by atoms with Crippen LogP contribution in [-0.2, 0) is 0 Å². The molecule has 0 atom stereocenters. The zero-order valence-corrected chi connectivity index (χ0v) is 15.8. The summed E-state index contributed by atoms with van der Waals surface area (Å²) in [7, 11) is 0. The molecular weight excluding hydrogens is 394 g/mol. The minimum absolute atomic E-state index is 0.326. The molecule has 1 aromatic heterocycles. The van der Waals surface area contributed by atoms with Gasteiger partial charge in [-0.1, -0.05) is 41.9 Å². The first kappa shape index (κ1) is 16.4. The van der Waals surface area contributed by atoms with Crippen LogP contribution in [0.25, 0.3) is 11.4 Å². The van der Waals surface area contributed by atoms with Crippen LogP contribution < -0.4 is 5.32 Å². The van der Waals surface area contributed by atoms with E-state index in [9.17, 15) is 0 Å². The van der Waals surface area contributed by atoms with E-state index >= 15 is 0 Å². The molecule has 0 fully saturated rings. The highest BCUT2D eigenvalue weighted by Gasteiger charge is 2.15. The zero-order chi connectivity index (χ0) is 15.6. The largest absolute Gasteiger partial charge is 0.369 e. The molecule has 1 N–H and O–H groups in total. The molecule has 0 saturated heterocycles. The van der Waals surface area contributed by atoms with Crippen molar-refractivity contribution in [1.29, 1.82) is 0 Å². The summed E-state index contributed by atoms with van der Waals surface area (Å²) >= 11 is 7.19. The molecule has 1 aromatic carbocycles. The molecule has 0 saturated carbocycles. The summed E-state index contributed by atoms with van der Waals surface area (Å²) in [5.41, 5.74) is 3.24. The summed E-state index contributed by atoms with van der Waals surface area (Å²) in [6, 6.07) is 6.20. The number of rotatable bonds is 4. The first-order valence-corrected chi connectivity index (χ1v) is 8.60. The number of hydrogen-bond acceptors (Lipinski definition) is 3. The Balaban J connectivity index is 2.59. The van der Waals surface area contributed by atoms with Crippen molar-refractivity contribution in [2.24, 2.45) is 0 Å². The molecule has 0 aliphatic heterocycles. The van der Waals surface area contributed by atoms with Crippen LogP contribution in [0.15, 0.2) is 27.1 Å². The Morgan fingerprint density at radius 2 is 1.90 bits per heavy atom. The number of nitrogens with one attached hydrogen (secondary N) is 1. The predicted molar refractivity (Wildman–Crippen MR) is 95.9 cm³/mol. The van der Waals surface area contributed by atoms with Gasteiger partial charge in [-0.15, -0.1) is 0 Å². The van der Waals surface area contributed by atoms with Gasteiger partial charge in [0.2, 0.25) is 0 Å². The Kier molecular flexibility index (Phi) is 5.38. The highest BCUT2D eigenvalue weighted by Crippen LogP contribution is 2.32. The van der Waals surface area contributed by atoms with Crippen molar-refractivity contribution in [1.82, 2.24) is 9.97 Å². The Labute approximate surface area is 142 Å². The summed E-state index contributed by atoms with van der Waals surface area (Å²) in [4.78, 5) is 9.39. The average molecular weight is 413 g/mol. The number of aryl methyl sites for hydroxylation is 1. The van der Waals surface area contributed by atoms with Crippen LogP contribution in [0.1, 0.15) is 37.9 Å². The van der Waals surface area contributed by atoms with Gasteiger partial charge >= 0.3 is 0 Å². The smallest absolute Gasteiger partial charge is 0.161 e. The first-order valence-electron chi connectivity index (χ1n) is 7.01. The lowest BCUT2D eigenvalue weighted by Crippen LogP contribution is -2.07. The summed E-state index contributed by atoms with van der Waals surface area (Å²) in [5, 5.41) is 3.30. The summed E-state index contributed by atoms with van der Waals surface area (Å²) in [5.74, 6) is 1.92. The van der Waals surface area contributed by atoms with Gasteiger partial charge in [0.25, 0.3) is 0 Å². The molecule has 2 rings (SSSR count). The number of hydrogen-bond donors (Lipinski definition) is 1. The van der Waals surface area contributed by atoms with Crippen molar-refractivity contribution in [2.75, 3.05) is 11.9 Å². The third kappa shape index (κ3) is 3.64. The Morgan fingerprint density at radius 3 is 2.48 bits per heavy atom. The molecule has 2 aromatic rings. The second kappa shape index (κ2) is 6.88. The quantitative estimate of drug-likeness (QED) is 0.716. The van der Waals surface area contributed by atoms with Gasteiger partial charge in [0.1, 0.15) is 5.82 Å². The highest BCUT2D eigenvalue weighted by atomic mass is 79.9. The maximum Gasteiger partial charge on any atom is 0.161 e. The number of nitrogens with zero attached hydrogens (tertiary/aromatic N) is 2. The summed E-state index contributed by atoms with van der Waals surface area (Å²) in [6.45, 7) is 9.23. The fraction of sp³-hybridized carbons (Fsp3) is 0.375. The van der Waals surface area contributed by atoms with Gasteiger partial charge in [0, 0.05) is 16.6 Å². The van der Waals surface area contributed by atoms with Gasteiger partial charge in [-0.05, 0) is 47.3 Å². The van der Waals surface area contributed by atoms with Crippen molar-refractivity contribution in [2.45, 2.75) is 33.6 Å². The van der Waals surface area contributed by atoms with E-state index in [1.807, 2.05) is 0 Å². The van der Waals surface area contributed by atoms with Gasteiger partial charge in [0.15, 0.2) is 5.82 Å². The molecule has 0 amide bonds. The van der Waals surface area contributed by atoms with E-state index in [-0.39, 0.29) is 0 Å². The number of halogens is 2. The van der Waals surface area contributed by atoms with Gasteiger partial charge in [0.05, 0.1) is 10.2 Å². The third-order valence-electron chi connectivity index (χ3n) is 3.20. The summed E-state index contributed by atoms with van der Waals surface area (Å²) in [6.07, 6.45) is 0. The Bertz CT molecular complexity index is 654. The minimum Gasteiger partial charge on any atom is -0.369 e. The molecule has 0 radical (unpaired) electrons.